The number of aromatic nitrogens is 1. The van der Waals surface area contributed by atoms with E-state index in [9.17, 15) is 4.79 Å². The summed E-state index contributed by atoms with van der Waals surface area (Å²) in [4.78, 5) is 13.6. The second kappa shape index (κ2) is 3.05. The van der Waals surface area contributed by atoms with Gasteiger partial charge in [-0.25, -0.2) is 0 Å². The van der Waals surface area contributed by atoms with Gasteiger partial charge in [0, 0.05) is 12.4 Å². The zero-order chi connectivity index (χ0) is 8.27. The topological polar surface area (TPSA) is 58.9 Å². The van der Waals surface area contributed by atoms with Crippen molar-refractivity contribution in [2.75, 3.05) is 0 Å². The fourth-order valence-electron chi connectivity index (χ4n) is 0.929. The molecule has 11 heavy (non-hydrogen) atoms. The average Bonchev–Trinajstić information content (AvgIpc) is 2.04. The van der Waals surface area contributed by atoms with Crippen LogP contribution in [0.2, 0.25) is 0 Å². The summed E-state index contributed by atoms with van der Waals surface area (Å²) in [5, 5.41) is 1.38. The first-order valence-electron chi connectivity index (χ1n) is 3.35. The molecule has 0 saturated carbocycles. The number of aromatic amines is 1. The van der Waals surface area contributed by atoms with Crippen molar-refractivity contribution in [2.24, 2.45) is 5.73 Å². The number of nitrogens with one attached hydrogen (secondary N) is 1. The fourth-order valence-corrected chi connectivity index (χ4v) is 0.929. The molecule has 0 aliphatic rings. The van der Waals surface area contributed by atoms with Crippen LogP contribution >= 0.6 is 0 Å². The highest BCUT2D eigenvalue weighted by molar-refractivity contribution is 5.26. The zero-order valence-corrected chi connectivity index (χ0v) is 6.29. The molecule has 1 rings (SSSR count). The van der Waals surface area contributed by atoms with Crippen LogP contribution in [-0.4, -0.2) is 4.98 Å². The average molecular weight is 150 g/mol. The molecule has 1 aromatic heterocycles. The van der Waals surface area contributed by atoms with E-state index in [2.05, 4.69) is 4.98 Å². The molecule has 0 radical (unpaired) electrons. The molecule has 0 aliphatic heterocycles. The smallest absolute Gasteiger partial charge is 0.257 e. The standard InChI is InChI=1S/C8H10N2O/c1-2-6-3-4-10-8(11)7(6)5-9/h2-5H,9H2,1H3,(H,10,11)/b6-2+,7-5+. The lowest BCUT2D eigenvalue weighted by molar-refractivity contribution is 1.18. The Morgan fingerprint density at radius 2 is 2.36 bits per heavy atom. The summed E-state index contributed by atoms with van der Waals surface area (Å²) in [5.74, 6) is 0. The fraction of sp³-hybridized carbons (Fsp3) is 0.125. The van der Waals surface area contributed by atoms with Crippen molar-refractivity contribution in [3.63, 3.8) is 0 Å². The molecular weight excluding hydrogens is 140 g/mol. The van der Waals surface area contributed by atoms with Crippen molar-refractivity contribution in [3.8, 4) is 0 Å². The first-order chi connectivity index (χ1) is 5.29. The van der Waals surface area contributed by atoms with Crippen molar-refractivity contribution < 1.29 is 0 Å². The van der Waals surface area contributed by atoms with Crippen LogP contribution in [0.4, 0.5) is 0 Å². The van der Waals surface area contributed by atoms with Crippen LogP contribution in [0.5, 0.6) is 0 Å². The highest BCUT2D eigenvalue weighted by atomic mass is 16.1. The van der Waals surface area contributed by atoms with Crippen molar-refractivity contribution in [1.29, 1.82) is 0 Å². The first-order valence-corrected chi connectivity index (χ1v) is 3.35. The number of pyridine rings is 1. The van der Waals surface area contributed by atoms with Gasteiger partial charge in [-0.2, -0.15) is 0 Å². The summed E-state index contributed by atoms with van der Waals surface area (Å²) >= 11 is 0. The monoisotopic (exact) mass is 150 g/mol. The third-order valence-corrected chi connectivity index (χ3v) is 1.51. The Morgan fingerprint density at radius 3 is 2.82 bits per heavy atom. The Morgan fingerprint density at radius 1 is 1.64 bits per heavy atom. The van der Waals surface area contributed by atoms with Crippen molar-refractivity contribution in [3.05, 3.63) is 33.1 Å². The van der Waals surface area contributed by atoms with Gasteiger partial charge in [0.25, 0.3) is 5.56 Å². The SMILES string of the molecule is C/C=c1\cc[nH]c(=O)\c1=C\N. The van der Waals surface area contributed by atoms with Crippen LogP contribution in [-0.2, 0) is 0 Å². The predicted octanol–water partition coefficient (Wildman–Crippen LogP) is -1.13. The Bertz CT molecular complexity index is 403. The highest BCUT2D eigenvalue weighted by Gasteiger charge is 1.86. The third-order valence-electron chi connectivity index (χ3n) is 1.51. The van der Waals surface area contributed by atoms with Gasteiger partial charge in [0.15, 0.2) is 0 Å². The van der Waals surface area contributed by atoms with Crippen molar-refractivity contribution >= 4 is 12.3 Å². The summed E-state index contributed by atoms with van der Waals surface area (Å²) in [6.45, 7) is 1.86. The summed E-state index contributed by atoms with van der Waals surface area (Å²) < 4.78 is 0. The minimum absolute atomic E-state index is 0.150. The van der Waals surface area contributed by atoms with E-state index in [0.29, 0.717) is 5.22 Å². The summed E-state index contributed by atoms with van der Waals surface area (Å²) in [5.41, 5.74) is 5.11. The largest absolute Gasteiger partial charge is 0.404 e. The van der Waals surface area contributed by atoms with Gasteiger partial charge in [0.2, 0.25) is 0 Å². The van der Waals surface area contributed by atoms with Crippen LogP contribution in [0.3, 0.4) is 0 Å². The number of nitrogens with two attached hydrogens (primary N) is 1. The van der Waals surface area contributed by atoms with Crippen LogP contribution in [0, 0.1) is 0 Å². The molecule has 0 bridgehead atoms. The van der Waals surface area contributed by atoms with E-state index in [1.54, 1.807) is 12.3 Å². The molecule has 0 atom stereocenters. The molecule has 0 amide bonds. The van der Waals surface area contributed by atoms with Crippen LogP contribution in [0.1, 0.15) is 6.92 Å². The molecule has 1 aromatic rings. The Balaban J connectivity index is 3.80. The minimum atomic E-state index is -0.150. The Kier molecular flexibility index (Phi) is 2.11. The van der Waals surface area contributed by atoms with Crippen molar-refractivity contribution in [2.45, 2.75) is 6.92 Å². The Hall–Kier alpha value is -1.51. The normalized spacial score (nSPS) is 13.9. The molecular formula is C8H10N2O. The molecule has 0 unspecified atom stereocenters. The Labute approximate surface area is 63.9 Å². The van der Waals surface area contributed by atoms with Gasteiger partial charge in [-0.1, -0.05) is 6.08 Å². The van der Waals surface area contributed by atoms with Gasteiger partial charge in [0.05, 0.1) is 5.22 Å². The second-order valence-electron chi connectivity index (χ2n) is 2.13. The maximum atomic E-state index is 11.0. The molecule has 1 heterocycles. The van der Waals surface area contributed by atoms with E-state index < -0.39 is 0 Å². The van der Waals surface area contributed by atoms with Gasteiger partial charge >= 0.3 is 0 Å². The van der Waals surface area contributed by atoms with Gasteiger partial charge in [0.1, 0.15) is 0 Å². The number of hydrogen-bond acceptors (Lipinski definition) is 2. The molecule has 3 N–H and O–H groups in total. The van der Waals surface area contributed by atoms with E-state index in [1.165, 1.54) is 6.20 Å². The first kappa shape index (κ1) is 7.60. The van der Waals surface area contributed by atoms with Gasteiger partial charge < -0.3 is 10.7 Å². The third kappa shape index (κ3) is 1.32. The molecule has 0 aromatic carbocycles. The predicted molar refractivity (Wildman–Crippen MR) is 45.1 cm³/mol. The van der Waals surface area contributed by atoms with E-state index in [0.717, 1.165) is 5.22 Å². The maximum Gasteiger partial charge on any atom is 0.257 e. The molecule has 3 nitrogen and oxygen atoms in total. The molecule has 0 spiro atoms. The van der Waals surface area contributed by atoms with Crippen LogP contribution < -0.4 is 21.7 Å². The van der Waals surface area contributed by atoms with E-state index >= 15 is 0 Å². The lowest BCUT2D eigenvalue weighted by Gasteiger charge is -1.85. The summed E-state index contributed by atoms with van der Waals surface area (Å²) in [7, 11) is 0. The van der Waals surface area contributed by atoms with Crippen LogP contribution in [0.25, 0.3) is 12.3 Å². The van der Waals surface area contributed by atoms with Crippen molar-refractivity contribution in [1.82, 2.24) is 4.98 Å². The highest BCUT2D eigenvalue weighted by Crippen LogP contribution is 1.58. The van der Waals surface area contributed by atoms with E-state index in [4.69, 9.17) is 5.73 Å². The zero-order valence-electron chi connectivity index (χ0n) is 6.29. The van der Waals surface area contributed by atoms with E-state index in [1.807, 2.05) is 13.0 Å². The number of H-pyrrole nitrogens is 1. The molecule has 0 fully saturated rings. The molecule has 0 saturated heterocycles. The lowest BCUT2D eigenvalue weighted by Crippen LogP contribution is -2.40. The van der Waals surface area contributed by atoms with Crippen LogP contribution in [0.15, 0.2) is 17.1 Å². The van der Waals surface area contributed by atoms with Gasteiger partial charge in [-0.15, -0.1) is 0 Å². The van der Waals surface area contributed by atoms with Gasteiger partial charge in [-0.3, -0.25) is 4.79 Å². The van der Waals surface area contributed by atoms with E-state index in [-0.39, 0.29) is 5.56 Å². The number of rotatable bonds is 0. The second-order valence-corrected chi connectivity index (χ2v) is 2.13. The lowest BCUT2D eigenvalue weighted by atomic mass is 10.3. The summed E-state index contributed by atoms with van der Waals surface area (Å²) in [6.07, 6.45) is 4.76. The number of hydrogen-bond donors (Lipinski definition) is 2. The summed E-state index contributed by atoms with van der Waals surface area (Å²) in [6, 6.07) is 1.81. The minimum Gasteiger partial charge on any atom is -0.404 e. The van der Waals surface area contributed by atoms with Gasteiger partial charge in [-0.05, 0) is 18.2 Å². The quantitative estimate of drug-likeness (QED) is 0.491. The maximum absolute atomic E-state index is 11.0. The molecule has 0 aliphatic carbocycles. The molecule has 58 valence electrons. The molecule has 3 heteroatoms.